The van der Waals surface area contributed by atoms with Crippen LogP contribution in [0.25, 0.3) is 0 Å². The Morgan fingerprint density at radius 1 is 1.54 bits per heavy atom. The molecule has 0 saturated heterocycles. The Morgan fingerprint density at radius 2 is 2.31 bits per heavy atom. The van der Waals surface area contributed by atoms with Crippen molar-refractivity contribution in [2.75, 3.05) is 6.54 Å². The Labute approximate surface area is 77.3 Å². The van der Waals surface area contributed by atoms with Crippen molar-refractivity contribution in [2.45, 2.75) is 13.3 Å². The molecule has 0 fully saturated rings. The molecule has 0 bridgehead atoms. The van der Waals surface area contributed by atoms with Gasteiger partial charge in [-0.15, -0.1) is 0 Å². The minimum absolute atomic E-state index is 0.234. The number of nitrogens with zero attached hydrogens (tertiary/aromatic N) is 1. The molecule has 1 rings (SSSR count). The van der Waals surface area contributed by atoms with Crippen LogP contribution in [0.1, 0.15) is 12.5 Å². The van der Waals surface area contributed by atoms with Crippen molar-refractivity contribution >= 4 is 5.84 Å². The molecule has 13 heavy (non-hydrogen) atoms. The SMILES string of the molecule is CCN=C(N)Cc1cccc(F)c1. The molecule has 1 aromatic carbocycles. The van der Waals surface area contributed by atoms with Crippen LogP contribution < -0.4 is 5.73 Å². The first-order valence-corrected chi connectivity index (χ1v) is 4.25. The smallest absolute Gasteiger partial charge is 0.123 e. The highest BCUT2D eigenvalue weighted by Crippen LogP contribution is 2.03. The summed E-state index contributed by atoms with van der Waals surface area (Å²) in [5.74, 6) is 0.315. The summed E-state index contributed by atoms with van der Waals surface area (Å²) in [6.45, 7) is 2.58. The van der Waals surface area contributed by atoms with Crippen molar-refractivity contribution in [1.29, 1.82) is 0 Å². The zero-order valence-corrected chi connectivity index (χ0v) is 7.63. The van der Waals surface area contributed by atoms with Crippen LogP contribution in [0.3, 0.4) is 0 Å². The van der Waals surface area contributed by atoms with Crippen molar-refractivity contribution in [3.63, 3.8) is 0 Å². The van der Waals surface area contributed by atoms with Gasteiger partial charge in [-0.05, 0) is 24.6 Å². The number of nitrogens with two attached hydrogens (primary N) is 1. The van der Waals surface area contributed by atoms with Crippen molar-refractivity contribution in [3.8, 4) is 0 Å². The molecule has 0 heterocycles. The Balaban J connectivity index is 2.69. The predicted molar refractivity (Wildman–Crippen MR) is 52.3 cm³/mol. The summed E-state index contributed by atoms with van der Waals surface area (Å²) < 4.78 is 12.7. The summed E-state index contributed by atoms with van der Waals surface area (Å²) >= 11 is 0. The van der Waals surface area contributed by atoms with Gasteiger partial charge >= 0.3 is 0 Å². The highest BCUT2D eigenvalue weighted by Gasteiger charge is 1.97. The van der Waals surface area contributed by atoms with E-state index in [4.69, 9.17) is 5.73 Å². The largest absolute Gasteiger partial charge is 0.387 e. The highest BCUT2D eigenvalue weighted by atomic mass is 19.1. The van der Waals surface area contributed by atoms with Crippen LogP contribution in [-0.4, -0.2) is 12.4 Å². The Kier molecular flexibility index (Phi) is 3.43. The van der Waals surface area contributed by atoms with Gasteiger partial charge in [0, 0.05) is 13.0 Å². The minimum Gasteiger partial charge on any atom is -0.387 e. The van der Waals surface area contributed by atoms with Crippen LogP contribution in [0.15, 0.2) is 29.3 Å². The van der Waals surface area contributed by atoms with Crippen LogP contribution in [0.5, 0.6) is 0 Å². The van der Waals surface area contributed by atoms with Gasteiger partial charge in [0.2, 0.25) is 0 Å². The molecule has 0 amide bonds. The van der Waals surface area contributed by atoms with Gasteiger partial charge in [-0.25, -0.2) is 4.39 Å². The summed E-state index contributed by atoms with van der Waals surface area (Å²) in [5, 5.41) is 0. The molecule has 2 nitrogen and oxygen atoms in total. The van der Waals surface area contributed by atoms with E-state index in [1.165, 1.54) is 12.1 Å². The molecule has 0 aliphatic carbocycles. The quantitative estimate of drug-likeness (QED) is 0.558. The third-order valence-electron chi connectivity index (χ3n) is 1.64. The van der Waals surface area contributed by atoms with Gasteiger partial charge in [0.15, 0.2) is 0 Å². The maximum atomic E-state index is 12.7. The minimum atomic E-state index is -0.234. The fourth-order valence-electron chi connectivity index (χ4n) is 1.12. The Morgan fingerprint density at radius 3 is 2.92 bits per heavy atom. The summed E-state index contributed by atoms with van der Waals surface area (Å²) in [5.41, 5.74) is 6.45. The van der Waals surface area contributed by atoms with Gasteiger partial charge in [-0.3, -0.25) is 4.99 Å². The molecule has 0 aromatic heterocycles. The van der Waals surface area contributed by atoms with Crippen LogP contribution in [-0.2, 0) is 6.42 Å². The summed E-state index contributed by atoms with van der Waals surface area (Å²) in [4.78, 5) is 4.02. The van der Waals surface area contributed by atoms with Crippen molar-refractivity contribution < 1.29 is 4.39 Å². The van der Waals surface area contributed by atoms with Crippen LogP contribution >= 0.6 is 0 Å². The van der Waals surface area contributed by atoms with E-state index in [9.17, 15) is 4.39 Å². The van der Waals surface area contributed by atoms with Crippen molar-refractivity contribution in [1.82, 2.24) is 0 Å². The summed E-state index contributed by atoms with van der Waals surface area (Å²) in [6, 6.07) is 6.39. The second-order valence-electron chi connectivity index (χ2n) is 2.77. The molecule has 0 saturated carbocycles. The number of aliphatic imine (C=N–C) groups is 1. The van der Waals surface area contributed by atoms with Gasteiger partial charge in [-0.1, -0.05) is 12.1 Å². The van der Waals surface area contributed by atoms with E-state index in [1.807, 2.05) is 13.0 Å². The fraction of sp³-hybridized carbons (Fsp3) is 0.300. The molecule has 0 aliphatic heterocycles. The molecular weight excluding hydrogens is 167 g/mol. The normalized spacial score (nSPS) is 11.7. The lowest BCUT2D eigenvalue weighted by Crippen LogP contribution is -2.15. The number of hydrogen-bond donors (Lipinski definition) is 1. The lowest BCUT2D eigenvalue weighted by molar-refractivity contribution is 0.626. The number of rotatable bonds is 3. The van der Waals surface area contributed by atoms with Crippen LogP contribution in [0.4, 0.5) is 4.39 Å². The molecule has 2 N–H and O–H groups in total. The summed E-state index contributed by atoms with van der Waals surface area (Å²) in [7, 11) is 0. The fourth-order valence-corrected chi connectivity index (χ4v) is 1.12. The standard InChI is InChI=1S/C10H13FN2/c1-2-13-10(12)7-8-4-3-5-9(11)6-8/h3-6H,2,7H2,1H3,(H2,12,13). The molecule has 70 valence electrons. The van der Waals surface area contributed by atoms with Crippen molar-refractivity contribution in [2.24, 2.45) is 10.7 Å². The molecular formula is C10H13FN2. The number of hydrogen-bond acceptors (Lipinski definition) is 1. The van der Waals surface area contributed by atoms with Gasteiger partial charge in [0.1, 0.15) is 5.82 Å². The average molecular weight is 180 g/mol. The number of amidine groups is 1. The first kappa shape index (κ1) is 9.71. The zero-order valence-electron chi connectivity index (χ0n) is 7.63. The highest BCUT2D eigenvalue weighted by molar-refractivity contribution is 5.82. The van der Waals surface area contributed by atoms with Crippen LogP contribution in [0.2, 0.25) is 0 Å². The molecule has 3 heteroatoms. The molecule has 0 radical (unpaired) electrons. The van der Waals surface area contributed by atoms with E-state index < -0.39 is 0 Å². The molecule has 0 atom stereocenters. The van der Waals surface area contributed by atoms with E-state index in [1.54, 1.807) is 6.07 Å². The lowest BCUT2D eigenvalue weighted by Gasteiger charge is -2.00. The summed E-state index contributed by atoms with van der Waals surface area (Å²) in [6.07, 6.45) is 0.519. The predicted octanol–water partition coefficient (Wildman–Crippen LogP) is 1.75. The maximum Gasteiger partial charge on any atom is 0.123 e. The first-order valence-electron chi connectivity index (χ1n) is 4.25. The van der Waals surface area contributed by atoms with E-state index >= 15 is 0 Å². The zero-order chi connectivity index (χ0) is 9.68. The second-order valence-corrected chi connectivity index (χ2v) is 2.77. The topological polar surface area (TPSA) is 38.4 Å². The van der Waals surface area contributed by atoms with Gasteiger partial charge < -0.3 is 5.73 Å². The third-order valence-corrected chi connectivity index (χ3v) is 1.64. The van der Waals surface area contributed by atoms with E-state index in [0.29, 0.717) is 18.8 Å². The maximum absolute atomic E-state index is 12.7. The molecule has 0 spiro atoms. The molecule has 0 aliphatic rings. The van der Waals surface area contributed by atoms with Gasteiger partial charge in [0.05, 0.1) is 5.84 Å². The second kappa shape index (κ2) is 4.60. The molecule has 0 unspecified atom stereocenters. The van der Waals surface area contributed by atoms with Crippen LogP contribution in [0, 0.1) is 5.82 Å². The van der Waals surface area contributed by atoms with E-state index in [-0.39, 0.29) is 5.82 Å². The van der Waals surface area contributed by atoms with E-state index in [0.717, 1.165) is 5.56 Å². The Hall–Kier alpha value is -1.38. The van der Waals surface area contributed by atoms with E-state index in [2.05, 4.69) is 4.99 Å². The Bertz CT molecular complexity index is 308. The van der Waals surface area contributed by atoms with Gasteiger partial charge in [-0.2, -0.15) is 0 Å². The number of halogens is 1. The first-order chi connectivity index (χ1) is 6.22. The third kappa shape index (κ3) is 3.23. The monoisotopic (exact) mass is 180 g/mol. The van der Waals surface area contributed by atoms with Gasteiger partial charge in [0.25, 0.3) is 0 Å². The van der Waals surface area contributed by atoms with Crippen molar-refractivity contribution in [3.05, 3.63) is 35.6 Å². The average Bonchev–Trinajstić information content (AvgIpc) is 2.04. The lowest BCUT2D eigenvalue weighted by atomic mass is 10.1. The molecule has 1 aromatic rings. The number of benzene rings is 1.